The fourth-order valence-corrected chi connectivity index (χ4v) is 14.2. The normalized spacial score (nSPS) is 22.3. The summed E-state index contributed by atoms with van der Waals surface area (Å²) in [5.41, 5.74) is 4.15. The van der Waals surface area contributed by atoms with Gasteiger partial charge in [0.15, 0.2) is 0 Å². The highest BCUT2D eigenvalue weighted by Gasteiger charge is 2.58. The minimum absolute atomic E-state index is 0.138. The lowest BCUT2D eigenvalue weighted by molar-refractivity contribution is -0.140. The highest BCUT2D eigenvalue weighted by atomic mass is 32.1. The maximum absolute atomic E-state index is 14.3. The number of fused-ring (bicyclic) bond motifs is 3. The minimum Gasteiger partial charge on any atom is -0.508 e. The predicted octanol–water partition coefficient (Wildman–Crippen LogP) is 7.21. The highest BCUT2D eigenvalue weighted by molar-refractivity contribution is 7.09. The Hall–Kier alpha value is -4.06. The molecule has 4 atom stereocenters. The number of phenols is 1. The lowest BCUT2D eigenvalue weighted by Gasteiger charge is -2.46. The second-order valence-corrected chi connectivity index (χ2v) is 21.1. The number of aromatic hydroxyl groups is 1. The molecule has 3 aromatic carbocycles. The van der Waals surface area contributed by atoms with Crippen LogP contribution in [0.5, 0.6) is 5.75 Å². The van der Waals surface area contributed by atoms with Gasteiger partial charge < -0.3 is 19.2 Å². The average Bonchev–Trinajstić information content (AvgIpc) is 3.74. The van der Waals surface area contributed by atoms with Crippen molar-refractivity contribution in [2.75, 3.05) is 6.61 Å². The summed E-state index contributed by atoms with van der Waals surface area (Å²) >= 11 is 1.54. The first-order chi connectivity index (χ1) is 25.5. The van der Waals surface area contributed by atoms with Gasteiger partial charge in [0, 0.05) is 4.88 Å². The van der Waals surface area contributed by atoms with E-state index in [2.05, 4.69) is 82.3 Å². The molecule has 3 heterocycles. The molecule has 0 saturated carbocycles. The molecular weight excluding hydrogens is 697 g/mol. The van der Waals surface area contributed by atoms with Gasteiger partial charge in [-0.3, -0.25) is 14.5 Å². The zero-order valence-corrected chi connectivity index (χ0v) is 32.7. The van der Waals surface area contributed by atoms with E-state index in [9.17, 15) is 19.7 Å². The molecule has 2 N–H and O–H groups in total. The first kappa shape index (κ1) is 37.3. The molecule has 0 unspecified atom stereocenters. The van der Waals surface area contributed by atoms with Crippen molar-refractivity contribution in [3.63, 3.8) is 0 Å². The molecule has 0 spiro atoms. The molecule has 2 saturated heterocycles. The van der Waals surface area contributed by atoms with Crippen LogP contribution in [0.15, 0.2) is 119 Å². The summed E-state index contributed by atoms with van der Waals surface area (Å²) in [6.45, 7) is 9.40. The van der Waals surface area contributed by atoms with E-state index >= 15 is 0 Å². The molecule has 0 radical (unpaired) electrons. The highest BCUT2D eigenvalue weighted by Crippen LogP contribution is 2.51. The number of thiophene rings is 1. The molecule has 7 rings (SSSR count). The third-order valence-electron chi connectivity index (χ3n) is 11.3. The van der Waals surface area contributed by atoms with Crippen LogP contribution >= 0.6 is 11.3 Å². The van der Waals surface area contributed by atoms with Crippen LogP contribution in [-0.4, -0.2) is 55.0 Å². The number of hydrogen-bond donors (Lipinski definition) is 2. The van der Waals surface area contributed by atoms with E-state index in [-0.39, 0.29) is 41.4 Å². The number of carbonyl (C=O) groups excluding carboxylic acids is 2. The summed E-state index contributed by atoms with van der Waals surface area (Å²) in [5, 5.41) is 25.0. The van der Waals surface area contributed by atoms with Gasteiger partial charge in [-0.1, -0.05) is 111 Å². The van der Waals surface area contributed by atoms with Gasteiger partial charge in [-0.15, -0.1) is 11.3 Å². The number of nitrogens with zero attached hydrogens (tertiary/aromatic N) is 1. The first-order valence-electron chi connectivity index (χ1n) is 18.6. The van der Waals surface area contributed by atoms with E-state index in [1.165, 1.54) is 15.3 Å². The Morgan fingerprint density at radius 3 is 2.21 bits per heavy atom. The number of rotatable bonds is 11. The number of carbonyl (C=O) groups is 2. The number of benzene rings is 3. The number of phenolic OH excluding ortho intramolecular Hbond substituents is 1. The van der Waals surface area contributed by atoms with Crippen molar-refractivity contribution in [2.45, 2.75) is 71.0 Å². The van der Waals surface area contributed by atoms with E-state index in [1.807, 2.05) is 41.8 Å². The Morgan fingerprint density at radius 1 is 0.943 bits per heavy atom. The maximum Gasteiger partial charge on any atom is 0.455 e. The fourth-order valence-electron chi connectivity index (χ4n) is 8.92. The summed E-state index contributed by atoms with van der Waals surface area (Å²) in [6.07, 6.45) is 3.62. The van der Waals surface area contributed by atoms with E-state index in [0.717, 1.165) is 27.2 Å². The number of likely N-dealkylation sites (tertiary alicyclic amines) is 1. The Balaban J connectivity index is 1.28. The van der Waals surface area contributed by atoms with Crippen LogP contribution < -0.4 is 10.4 Å². The third kappa shape index (κ3) is 7.40. The Bertz CT molecular complexity index is 1940. The first-order valence-corrected chi connectivity index (χ1v) is 21.4. The van der Waals surface area contributed by atoms with Crippen molar-refractivity contribution in [1.29, 1.82) is 0 Å². The molecule has 4 aromatic rings. The smallest absolute Gasteiger partial charge is 0.455 e. The quantitative estimate of drug-likeness (QED) is 0.0958. The van der Waals surface area contributed by atoms with Gasteiger partial charge in [0.05, 0.1) is 31.1 Å². The van der Waals surface area contributed by atoms with Crippen molar-refractivity contribution < 1.29 is 28.8 Å². The summed E-state index contributed by atoms with van der Waals surface area (Å²) in [4.78, 5) is 30.9. The monoisotopic (exact) mass is 745 g/mol. The summed E-state index contributed by atoms with van der Waals surface area (Å²) in [5.74, 6) is -1.48. The van der Waals surface area contributed by atoms with Crippen LogP contribution in [0.2, 0.25) is 11.4 Å². The molecule has 7 nitrogen and oxygen atoms in total. The Labute approximate surface area is 318 Å². The molecule has 2 amide bonds. The summed E-state index contributed by atoms with van der Waals surface area (Å²) in [6, 6.07) is 32.1. The van der Waals surface area contributed by atoms with Gasteiger partial charge in [-0.05, 0) is 94.1 Å². The molecule has 10 heteroatoms. The average molecular weight is 746 g/mol. The molecule has 274 valence electrons. The van der Waals surface area contributed by atoms with Crippen LogP contribution in [0.4, 0.5) is 0 Å². The van der Waals surface area contributed by atoms with Gasteiger partial charge >= 0.3 is 7.12 Å². The van der Waals surface area contributed by atoms with Crippen molar-refractivity contribution in [2.24, 2.45) is 17.8 Å². The summed E-state index contributed by atoms with van der Waals surface area (Å²) in [7, 11) is -4.00. The second kappa shape index (κ2) is 15.4. The number of amides is 2. The molecular formula is C43H48BNO6SSi. The van der Waals surface area contributed by atoms with Crippen molar-refractivity contribution in [3.05, 3.63) is 130 Å². The molecule has 3 aliphatic rings. The minimum atomic E-state index is -2.94. The zero-order valence-electron chi connectivity index (χ0n) is 30.9. The second-order valence-electron chi connectivity index (χ2n) is 15.7. The van der Waals surface area contributed by atoms with E-state index in [4.69, 9.17) is 9.08 Å². The SMILES string of the molecule is C/C(=C\c1ccc(O)cc1)CC[C@H]1OB(O)C[C@H]2C1=C(CO[Si](c1ccccc1)(c1ccccc1)C(C)(C)C)C[C@H]1C(=O)N(Cc3cccs3)C(=O)[C@H]12. The van der Waals surface area contributed by atoms with Crippen molar-refractivity contribution >= 4 is 55.0 Å². The molecule has 2 fully saturated rings. The van der Waals surface area contributed by atoms with Gasteiger partial charge in [-0.25, -0.2) is 0 Å². The fraction of sp³-hybridized carbons (Fsp3) is 0.349. The number of hydrogen-bond acceptors (Lipinski definition) is 7. The van der Waals surface area contributed by atoms with Gasteiger partial charge in [0.2, 0.25) is 11.8 Å². The van der Waals surface area contributed by atoms with Crippen LogP contribution in [0.1, 0.15) is 57.4 Å². The largest absolute Gasteiger partial charge is 0.508 e. The molecule has 0 bridgehead atoms. The molecule has 1 aliphatic carbocycles. The van der Waals surface area contributed by atoms with Crippen LogP contribution in [0, 0.1) is 17.8 Å². The van der Waals surface area contributed by atoms with Crippen LogP contribution in [0.3, 0.4) is 0 Å². The Morgan fingerprint density at radius 2 is 1.60 bits per heavy atom. The lowest BCUT2D eigenvalue weighted by Crippen LogP contribution is -2.66. The van der Waals surface area contributed by atoms with Crippen LogP contribution in [-0.2, 0) is 25.2 Å². The van der Waals surface area contributed by atoms with E-state index in [1.54, 1.807) is 23.5 Å². The van der Waals surface area contributed by atoms with Gasteiger partial charge in [0.1, 0.15) is 5.75 Å². The number of imide groups is 1. The van der Waals surface area contributed by atoms with E-state index in [0.29, 0.717) is 25.9 Å². The molecule has 2 aliphatic heterocycles. The van der Waals surface area contributed by atoms with E-state index < -0.39 is 33.4 Å². The lowest BCUT2D eigenvalue weighted by atomic mass is 9.58. The number of allylic oxidation sites excluding steroid dienone is 1. The predicted molar refractivity (Wildman–Crippen MR) is 214 cm³/mol. The summed E-state index contributed by atoms with van der Waals surface area (Å²) < 4.78 is 13.9. The Kier molecular flexibility index (Phi) is 10.8. The van der Waals surface area contributed by atoms with Gasteiger partial charge in [0.25, 0.3) is 8.32 Å². The molecule has 53 heavy (non-hydrogen) atoms. The molecule has 1 aromatic heterocycles. The zero-order chi connectivity index (χ0) is 37.3. The maximum atomic E-state index is 14.3. The standard InChI is InChI=1S/C43H48BNO6SSi/c1-29(24-30-18-20-32(46)21-19-30)17-22-38-39-31(28-50-53(43(2,3)4,34-13-7-5-8-14-34)35-15-9-6-10-16-35)25-36-40(37(39)26-44(49)51-38)42(48)45(41(36)47)27-33-12-11-23-52-33/h5-16,18-21,23-24,36-38,40,46,49H,17,22,25-28H2,1-4H3/b29-24+/t36-,37+,38-,40-/m1/s1. The van der Waals surface area contributed by atoms with Crippen LogP contribution in [0.25, 0.3) is 6.08 Å². The van der Waals surface area contributed by atoms with Crippen molar-refractivity contribution in [1.82, 2.24) is 4.90 Å². The van der Waals surface area contributed by atoms with Gasteiger partial charge in [-0.2, -0.15) is 0 Å². The van der Waals surface area contributed by atoms with Crippen molar-refractivity contribution in [3.8, 4) is 5.75 Å². The third-order valence-corrected chi connectivity index (χ3v) is 17.1. The topological polar surface area (TPSA) is 96.3 Å².